The quantitative estimate of drug-likeness (QED) is 0.633. The van der Waals surface area contributed by atoms with Crippen molar-refractivity contribution in [1.82, 2.24) is 0 Å². The first kappa shape index (κ1) is 11.4. The van der Waals surface area contributed by atoms with E-state index in [9.17, 15) is 5.11 Å². The predicted octanol–water partition coefficient (Wildman–Crippen LogP) is 4.03. The highest BCUT2D eigenvalue weighted by Gasteiger charge is 2.60. The fourth-order valence-corrected chi connectivity index (χ4v) is 6.35. The fourth-order valence-electron chi connectivity index (χ4n) is 6.35. The Morgan fingerprint density at radius 1 is 0.950 bits per heavy atom. The Morgan fingerprint density at radius 3 is 2.60 bits per heavy atom. The van der Waals surface area contributed by atoms with Gasteiger partial charge < -0.3 is 5.11 Å². The molecule has 1 nitrogen and oxygen atoms in total. The number of hydrogen-bond donors (Lipinski definition) is 1. The van der Waals surface area contributed by atoms with Crippen molar-refractivity contribution in [3.8, 4) is 5.75 Å². The molecule has 0 heterocycles. The van der Waals surface area contributed by atoms with Crippen LogP contribution in [0.3, 0.4) is 0 Å². The van der Waals surface area contributed by atoms with E-state index in [4.69, 9.17) is 0 Å². The normalized spacial score (nSPS) is 47.1. The summed E-state index contributed by atoms with van der Waals surface area (Å²) < 4.78 is 0. The predicted molar refractivity (Wildman–Crippen MR) is 79.2 cm³/mol. The summed E-state index contributed by atoms with van der Waals surface area (Å²) >= 11 is 0. The molecule has 5 rings (SSSR count). The van der Waals surface area contributed by atoms with Crippen LogP contribution in [-0.2, 0) is 6.42 Å². The number of phenols is 1. The molecule has 1 heteroatoms. The average molecular weight is 266 g/mol. The van der Waals surface area contributed by atoms with Gasteiger partial charge in [-0.15, -0.1) is 0 Å². The molecule has 4 bridgehead atoms. The van der Waals surface area contributed by atoms with E-state index in [0.717, 1.165) is 47.8 Å². The Labute approximate surface area is 120 Å². The van der Waals surface area contributed by atoms with E-state index in [2.05, 4.69) is 24.3 Å². The zero-order valence-electron chi connectivity index (χ0n) is 11.8. The second-order valence-corrected chi connectivity index (χ2v) is 7.59. The molecular formula is C19H22O. The van der Waals surface area contributed by atoms with E-state index in [-0.39, 0.29) is 0 Å². The zero-order valence-corrected chi connectivity index (χ0v) is 11.8. The zero-order chi connectivity index (χ0) is 13.3. The van der Waals surface area contributed by atoms with E-state index >= 15 is 0 Å². The number of fused-ring (bicyclic) bond motifs is 9. The van der Waals surface area contributed by atoms with E-state index in [1.165, 1.54) is 24.8 Å². The first-order chi connectivity index (χ1) is 9.81. The molecule has 0 saturated heterocycles. The molecule has 20 heavy (non-hydrogen) atoms. The van der Waals surface area contributed by atoms with Crippen molar-refractivity contribution in [2.24, 2.45) is 41.4 Å². The summed E-state index contributed by atoms with van der Waals surface area (Å²) in [4.78, 5) is 0. The highest BCUT2D eigenvalue weighted by Crippen LogP contribution is 2.67. The minimum atomic E-state index is 0.500. The van der Waals surface area contributed by atoms with Gasteiger partial charge in [0.05, 0.1) is 0 Å². The lowest BCUT2D eigenvalue weighted by Gasteiger charge is -2.36. The monoisotopic (exact) mass is 266 g/mol. The average Bonchev–Trinajstić information content (AvgIpc) is 3.18. The summed E-state index contributed by atoms with van der Waals surface area (Å²) in [7, 11) is 0. The molecule has 3 fully saturated rings. The summed E-state index contributed by atoms with van der Waals surface area (Å²) in [5, 5.41) is 10.0. The van der Waals surface area contributed by atoms with Gasteiger partial charge in [0.15, 0.2) is 0 Å². The lowest BCUT2D eigenvalue weighted by Crippen LogP contribution is -2.31. The SMILES string of the molecule is Oc1ccccc1CC1CC2CC1C1C3C=CC(C3)C21. The van der Waals surface area contributed by atoms with E-state index in [1.807, 2.05) is 12.1 Å². The van der Waals surface area contributed by atoms with Crippen molar-refractivity contribution >= 4 is 0 Å². The lowest BCUT2D eigenvalue weighted by atomic mass is 9.68. The Kier molecular flexibility index (Phi) is 2.23. The highest BCUT2D eigenvalue weighted by molar-refractivity contribution is 5.33. The Balaban J connectivity index is 1.41. The van der Waals surface area contributed by atoms with Gasteiger partial charge in [-0.25, -0.2) is 0 Å². The largest absolute Gasteiger partial charge is 0.508 e. The van der Waals surface area contributed by atoms with Crippen LogP contribution < -0.4 is 0 Å². The number of benzene rings is 1. The van der Waals surface area contributed by atoms with Crippen LogP contribution >= 0.6 is 0 Å². The van der Waals surface area contributed by atoms with Gasteiger partial charge in [0.2, 0.25) is 0 Å². The van der Waals surface area contributed by atoms with Crippen molar-refractivity contribution < 1.29 is 5.11 Å². The number of aromatic hydroxyl groups is 1. The maximum absolute atomic E-state index is 10.0. The molecule has 0 amide bonds. The standard InChI is InChI=1S/C19H22O/c20-17-4-2-1-3-11(17)7-14-9-15-10-16(14)19-13-6-5-12(8-13)18(15)19/h1-6,12-16,18-20H,7-10H2. The molecule has 4 aliphatic rings. The smallest absolute Gasteiger partial charge is 0.118 e. The van der Waals surface area contributed by atoms with Crippen molar-refractivity contribution in [1.29, 1.82) is 0 Å². The molecule has 1 aromatic rings. The van der Waals surface area contributed by atoms with Gasteiger partial charge >= 0.3 is 0 Å². The van der Waals surface area contributed by atoms with Gasteiger partial charge in [-0.1, -0.05) is 30.4 Å². The van der Waals surface area contributed by atoms with Gasteiger partial charge in [-0.05, 0) is 78.7 Å². The van der Waals surface area contributed by atoms with Crippen LogP contribution in [0, 0.1) is 41.4 Å². The van der Waals surface area contributed by atoms with Crippen LogP contribution in [-0.4, -0.2) is 5.11 Å². The Bertz CT molecular complexity index is 575. The van der Waals surface area contributed by atoms with Crippen LogP contribution in [0.25, 0.3) is 0 Å². The van der Waals surface area contributed by atoms with Gasteiger partial charge in [-0.2, -0.15) is 0 Å². The molecule has 7 atom stereocenters. The third kappa shape index (κ3) is 1.39. The van der Waals surface area contributed by atoms with Gasteiger partial charge in [-0.3, -0.25) is 0 Å². The molecule has 104 valence electrons. The molecule has 3 saturated carbocycles. The fraction of sp³-hybridized carbons (Fsp3) is 0.579. The van der Waals surface area contributed by atoms with E-state index < -0.39 is 0 Å². The molecule has 1 aromatic carbocycles. The molecule has 0 spiro atoms. The van der Waals surface area contributed by atoms with Gasteiger partial charge in [0, 0.05) is 0 Å². The molecule has 0 aliphatic heterocycles. The van der Waals surface area contributed by atoms with E-state index in [1.54, 1.807) is 0 Å². The summed E-state index contributed by atoms with van der Waals surface area (Å²) in [6.07, 6.45) is 10.5. The molecule has 1 N–H and O–H groups in total. The lowest BCUT2D eigenvalue weighted by molar-refractivity contribution is 0.149. The van der Waals surface area contributed by atoms with Crippen LogP contribution in [0.15, 0.2) is 36.4 Å². The maximum Gasteiger partial charge on any atom is 0.118 e. The van der Waals surface area contributed by atoms with Gasteiger partial charge in [0.1, 0.15) is 5.75 Å². The summed E-state index contributed by atoms with van der Waals surface area (Å²) in [5.74, 6) is 7.07. The summed E-state index contributed by atoms with van der Waals surface area (Å²) in [6.45, 7) is 0. The second-order valence-electron chi connectivity index (χ2n) is 7.59. The Hall–Kier alpha value is -1.24. The van der Waals surface area contributed by atoms with Crippen LogP contribution in [0.4, 0.5) is 0 Å². The van der Waals surface area contributed by atoms with Crippen molar-refractivity contribution in [3.63, 3.8) is 0 Å². The van der Waals surface area contributed by atoms with E-state index in [0.29, 0.717) is 5.75 Å². The molecule has 0 radical (unpaired) electrons. The van der Waals surface area contributed by atoms with Crippen LogP contribution in [0.2, 0.25) is 0 Å². The molecule has 0 aromatic heterocycles. The van der Waals surface area contributed by atoms with Gasteiger partial charge in [0.25, 0.3) is 0 Å². The third-order valence-electron chi connectivity index (χ3n) is 6.88. The second kappa shape index (κ2) is 3.90. The van der Waals surface area contributed by atoms with Crippen LogP contribution in [0.5, 0.6) is 5.75 Å². The first-order valence-corrected chi connectivity index (χ1v) is 8.26. The number of para-hydroxylation sites is 1. The minimum Gasteiger partial charge on any atom is -0.508 e. The number of hydrogen-bond acceptors (Lipinski definition) is 1. The number of rotatable bonds is 2. The van der Waals surface area contributed by atoms with Crippen molar-refractivity contribution in [3.05, 3.63) is 42.0 Å². The van der Waals surface area contributed by atoms with Crippen LogP contribution in [0.1, 0.15) is 24.8 Å². The summed E-state index contributed by atoms with van der Waals surface area (Å²) in [6, 6.07) is 7.94. The number of allylic oxidation sites excluding steroid dienone is 2. The van der Waals surface area contributed by atoms with Crippen molar-refractivity contribution in [2.45, 2.75) is 25.7 Å². The molecule has 4 aliphatic carbocycles. The Morgan fingerprint density at radius 2 is 1.75 bits per heavy atom. The van der Waals surface area contributed by atoms with Crippen molar-refractivity contribution in [2.75, 3.05) is 0 Å². The maximum atomic E-state index is 10.0. The summed E-state index contributed by atoms with van der Waals surface area (Å²) in [5.41, 5.74) is 1.17. The topological polar surface area (TPSA) is 20.2 Å². The minimum absolute atomic E-state index is 0.500. The third-order valence-corrected chi connectivity index (χ3v) is 6.88. The highest BCUT2D eigenvalue weighted by atomic mass is 16.3. The molecular weight excluding hydrogens is 244 g/mol. The first-order valence-electron chi connectivity index (χ1n) is 8.26. The number of phenolic OH excluding ortho intramolecular Hbond substituents is 1. The molecule has 7 unspecified atom stereocenters.